The van der Waals surface area contributed by atoms with Gasteiger partial charge in [-0.3, -0.25) is 4.79 Å². The van der Waals surface area contributed by atoms with Crippen LogP contribution in [0.15, 0.2) is 21.9 Å². The quantitative estimate of drug-likeness (QED) is 0.699. The van der Waals surface area contributed by atoms with E-state index in [9.17, 15) is 4.79 Å². The number of aromatic nitrogens is 3. The lowest BCUT2D eigenvalue weighted by Crippen LogP contribution is -2.33. The van der Waals surface area contributed by atoms with E-state index in [1.54, 1.807) is 6.26 Å². The van der Waals surface area contributed by atoms with Crippen molar-refractivity contribution in [2.75, 3.05) is 5.75 Å². The Balaban J connectivity index is 2.13. The maximum atomic E-state index is 12.0. The van der Waals surface area contributed by atoms with Crippen molar-refractivity contribution in [2.24, 2.45) is 0 Å². The molecular formula is C17H26N4O2S. The monoisotopic (exact) mass is 350 g/mol. The lowest BCUT2D eigenvalue weighted by Gasteiger charge is -2.12. The molecule has 1 atom stereocenters. The van der Waals surface area contributed by atoms with Gasteiger partial charge in [0.25, 0.3) is 0 Å². The van der Waals surface area contributed by atoms with E-state index < -0.39 is 0 Å². The molecule has 0 spiro atoms. The summed E-state index contributed by atoms with van der Waals surface area (Å²) >= 11 is 1.43. The highest BCUT2D eigenvalue weighted by molar-refractivity contribution is 7.99. The van der Waals surface area contributed by atoms with Gasteiger partial charge in [0.2, 0.25) is 5.91 Å². The number of carbonyl (C=O) groups is 1. The average molecular weight is 350 g/mol. The predicted octanol–water partition coefficient (Wildman–Crippen LogP) is 3.65. The first-order valence-corrected chi connectivity index (χ1v) is 9.45. The van der Waals surface area contributed by atoms with Gasteiger partial charge in [-0.25, -0.2) is 0 Å². The van der Waals surface area contributed by atoms with Gasteiger partial charge in [0.15, 0.2) is 11.0 Å². The van der Waals surface area contributed by atoms with Gasteiger partial charge >= 0.3 is 0 Å². The average Bonchev–Trinajstić information content (AvgIpc) is 3.16. The van der Waals surface area contributed by atoms with Crippen LogP contribution in [0, 0.1) is 6.92 Å². The molecule has 0 radical (unpaired) electrons. The molecule has 0 fully saturated rings. The summed E-state index contributed by atoms with van der Waals surface area (Å²) in [4.78, 5) is 12.0. The number of hydrogen-bond acceptors (Lipinski definition) is 5. The highest BCUT2D eigenvalue weighted by Crippen LogP contribution is 2.27. The zero-order chi connectivity index (χ0) is 17.5. The minimum absolute atomic E-state index is 0.0282. The first-order valence-electron chi connectivity index (χ1n) is 8.46. The SMILES string of the molecule is CCCCn1c(SCC(=O)N[C@H](C)CC)nnc1-c1ccoc1C. The Morgan fingerprint density at radius 3 is 2.83 bits per heavy atom. The topological polar surface area (TPSA) is 73.0 Å². The number of furan rings is 1. The molecule has 0 aliphatic carbocycles. The summed E-state index contributed by atoms with van der Waals surface area (Å²) in [5, 5.41) is 12.4. The number of amides is 1. The third kappa shape index (κ3) is 4.63. The van der Waals surface area contributed by atoms with Gasteiger partial charge in [-0.2, -0.15) is 0 Å². The molecule has 132 valence electrons. The fourth-order valence-corrected chi connectivity index (χ4v) is 3.05. The molecule has 0 saturated heterocycles. The molecule has 1 amide bonds. The van der Waals surface area contributed by atoms with E-state index in [1.807, 2.05) is 19.9 Å². The van der Waals surface area contributed by atoms with Crippen molar-refractivity contribution in [3.05, 3.63) is 18.1 Å². The second-order valence-corrected chi connectivity index (χ2v) is 6.81. The summed E-state index contributed by atoms with van der Waals surface area (Å²) in [5.74, 6) is 2.00. The van der Waals surface area contributed by atoms with E-state index in [1.165, 1.54) is 11.8 Å². The molecule has 0 bridgehead atoms. The maximum absolute atomic E-state index is 12.0. The molecular weight excluding hydrogens is 324 g/mol. The predicted molar refractivity (Wildman–Crippen MR) is 96.0 cm³/mol. The van der Waals surface area contributed by atoms with E-state index in [4.69, 9.17) is 4.42 Å². The molecule has 1 N–H and O–H groups in total. The summed E-state index contributed by atoms with van der Waals surface area (Å²) in [7, 11) is 0. The molecule has 6 nitrogen and oxygen atoms in total. The Hall–Kier alpha value is -1.76. The standard InChI is InChI=1S/C17H26N4O2S/c1-5-7-9-21-16(14-8-10-23-13(14)4)19-20-17(21)24-11-15(22)18-12(3)6-2/h8,10,12H,5-7,9,11H2,1-4H3,(H,18,22)/t12-/m1/s1. The van der Waals surface area contributed by atoms with E-state index in [2.05, 4.69) is 33.9 Å². The van der Waals surface area contributed by atoms with Gasteiger partial charge in [-0.1, -0.05) is 32.0 Å². The van der Waals surface area contributed by atoms with Crippen LogP contribution in [-0.4, -0.2) is 32.5 Å². The molecule has 0 aromatic carbocycles. The van der Waals surface area contributed by atoms with Crippen molar-refractivity contribution in [3.8, 4) is 11.4 Å². The molecule has 24 heavy (non-hydrogen) atoms. The number of rotatable bonds is 9. The third-order valence-corrected chi connectivity index (χ3v) is 4.87. The lowest BCUT2D eigenvalue weighted by atomic mass is 10.2. The number of hydrogen-bond donors (Lipinski definition) is 1. The fourth-order valence-electron chi connectivity index (χ4n) is 2.28. The number of unbranched alkanes of at least 4 members (excludes halogenated alkanes) is 1. The molecule has 0 aliphatic heterocycles. The molecule has 0 saturated carbocycles. The van der Waals surface area contributed by atoms with Gasteiger partial charge in [0, 0.05) is 12.6 Å². The maximum Gasteiger partial charge on any atom is 0.230 e. The van der Waals surface area contributed by atoms with E-state index in [-0.39, 0.29) is 11.9 Å². The number of aryl methyl sites for hydroxylation is 1. The highest BCUT2D eigenvalue weighted by Gasteiger charge is 2.18. The van der Waals surface area contributed by atoms with Crippen LogP contribution in [0.1, 0.15) is 45.8 Å². The highest BCUT2D eigenvalue weighted by atomic mass is 32.2. The van der Waals surface area contributed by atoms with E-state index in [0.717, 1.165) is 48.1 Å². The molecule has 0 unspecified atom stereocenters. The molecule has 7 heteroatoms. The summed E-state index contributed by atoms with van der Waals surface area (Å²) in [6.07, 6.45) is 4.71. The lowest BCUT2D eigenvalue weighted by molar-refractivity contribution is -0.119. The van der Waals surface area contributed by atoms with Crippen LogP contribution >= 0.6 is 11.8 Å². The van der Waals surface area contributed by atoms with E-state index in [0.29, 0.717) is 5.75 Å². The summed E-state index contributed by atoms with van der Waals surface area (Å²) in [6, 6.07) is 2.10. The zero-order valence-corrected chi connectivity index (χ0v) is 15.7. The Morgan fingerprint density at radius 1 is 1.42 bits per heavy atom. The number of carbonyl (C=O) groups excluding carboxylic acids is 1. The van der Waals surface area contributed by atoms with Crippen LogP contribution < -0.4 is 5.32 Å². The molecule has 2 heterocycles. The second kappa shape index (κ2) is 8.92. The number of nitrogens with one attached hydrogen (secondary N) is 1. The van der Waals surface area contributed by atoms with Crippen molar-refractivity contribution in [1.82, 2.24) is 20.1 Å². The van der Waals surface area contributed by atoms with Crippen LogP contribution in [0.2, 0.25) is 0 Å². The van der Waals surface area contributed by atoms with Crippen molar-refractivity contribution < 1.29 is 9.21 Å². The summed E-state index contributed by atoms with van der Waals surface area (Å²) in [5.41, 5.74) is 0.953. The Labute approximate surface area is 147 Å². The minimum Gasteiger partial charge on any atom is -0.469 e. The molecule has 2 aromatic rings. The first kappa shape index (κ1) is 18.6. The summed E-state index contributed by atoms with van der Waals surface area (Å²) < 4.78 is 7.48. The van der Waals surface area contributed by atoms with Crippen LogP contribution in [0.3, 0.4) is 0 Å². The van der Waals surface area contributed by atoms with Crippen molar-refractivity contribution in [3.63, 3.8) is 0 Å². The smallest absolute Gasteiger partial charge is 0.230 e. The van der Waals surface area contributed by atoms with Gasteiger partial charge in [0.1, 0.15) is 5.76 Å². The first-order chi connectivity index (χ1) is 11.6. The Morgan fingerprint density at radius 2 is 2.21 bits per heavy atom. The van der Waals surface area contributed by atoms with Gasteiger partial charge in [-0.05, 0) is 32.8 Å². The molecule has 2 aromatic heterocycles. The Kier molecular flexibility index (Phi) is 6.90. The number of thioether (sulfide) groups is 1. The number of nitrogens with zero attached hydrogens (tertiary/aromatic N) is 3. The normalized spacial score (nSPS) is 12.3. The van der Waals surface area contributed by atoms with E-state index >= 15 is 0 Å². The van der Waals surface area contributed by atoms with Crippen LogP contribution in [-0.2, 0) is 11.3 Å². The third-order valence-electron chi connectivity index (χ3n) is 3.90. The van der Waals surface area contributed by atoms with Gasteiger partial charge in [0.05, 0.1) is 17.6 Å². The van der Waals surface area contributed by atoms with Crippen molar-refractivity contribution in [1.29, 1.82) is 0 Å². The van der Waals surface area contributed by atoms with Crippen LogP contribution in [0.5, 0.6) is 0 Å². The van der Waals surface area contributed by atoms with Crippen LogP contribution in [0.25, 0.3) is 11.4 Å². The fraction of sp³-hybridized carbons (Fsp3) is 0.588. The van der Waals surface area contributed by atoms with Gasteiger partial charge < -0.3 is 14.3 Å². The van der Waals surface area contributed by atoms with Crippen LogP contribution in [0.4, 0.5) is 0 Å². The van der Waals surface area contributed by atoms with Crippen molar-refractivity contribution >= 4 is 17.7 Å². The second-order valence-electron chi connectivity index (χ2n) is 5.87. The largest absolute Gasteiger partial charge is 0.469 e. The zero-order valence-electron chi connectivity index (χ0n) is 14.8. The van der Waals surface area contributed by atoms with Gasteiger partial charge in [-0.15, -0.1) is 10.2 Å². The summed E-state index contributed by atoms with van der Waals surface area (Å²) in [6.45, 7) is 8.96. The molecule has 0 aliphatic rings. The van der Waals surface area contributed by atoms with Crippen molar-refractivity contribution in [2.45, 2.75) is 64.7 Å². The minimum atomic E-state index is 0.0282. The molecule has 2 rings (SSSR count). The Bertz CT molecular complexity index is 665.